The van der Waals surface area contributed by atoms with E-state index in [1.807, 2.05) is 6.07 Å². The lowest BCUT2D eigenvalue weighted by Crippen LogP contribution is -2.10. The van der Waals surface area contributed by atoms with Crippen molar-refractivity contribution in [3.05, 3.63) is 56.1 Å². The number of carbonyl (C=O) groups excluding carboxylic acids is 1. The van der Waals surface area contributed by atoms with E-state index in [-0.39, 0.29) is 41.5 Å². The van der Waals surface area contributed by atoms with Gasteiger partial charge in [0.2, 0.25) is 0 Å². The smallest absolute Gasteiger partial charge is 0.360 e. The Hall–Kier alpha value is -2.44. The Labute approximate surface area is 170 Å². The predicted molar refractivity (Wildman–Crippen MR) is 103 cm³/mol. The maximum Gasteiger partial charge on any atom is 0.360 e. The quantitative estimate of drug-likeness (QED) is 0.537. The highest BCUT2D eigenvalue weighted by atomic mass is 79.9. The molecule has 3 aromatic rings. The van der Waals surface area contributed by atoms with Gasteiger partial charge in [-0.15, -0.1) is 0 Å². The molecule has 0 amide bonds. The van der Waals surface area contributed by atoms with Gasteiger partial charge in [-0.05, 0) is 56.5 Å². The number of fused-ring (bicyclic) bond motifs is 1. The number of hydrogen-bond acceptors (Lipinski definition) is 5. The van der Waals surface area contributed by atoms with Crippen LogP contribution in [-0.4, -0.2) is 27.2 Å². The molecule has 6 nitrogen and oxygen atoms in total. The van der Waals surface area contributed by atoms with Gasteiger partial charge in [0.05, 0.1) is 22.0 Å². The van der Waals surface area contributed by atoms with Gasteiger partial charge >= 0.3 is 5.97 Å². The monoisotopic (exact) mass is 495 g/mol. The van der Waals surface area contributed by atoms with Crippen molar-refractivity contribution in [3.8, 4) is 11.8 Å². The van der Waals surface area contributed by atoms with Crippen LogP contribution in [0.3, 0.4) is 0 Å². The van der Waals surface area contributed by atoms with Crippen molar-refractivity contribution in [3.63, 3.8) is 0 Å². The number of carbonyl (C=O) groups is 1. The molecule has 0 bridgehead atoms. The van der Waals surface area contributed by atoms with Crippen LogP contribution < -0.4 is 0 Å². The van der Waals surface area contributed by atoms with Gasteiger partial charge in [-0.25, -0.2) is 14.2 Å². The maximum absolute atomic E-state index is 13.2. The third kappa shape index (κ3) is 3.42. The molecule has 0 spiro atoms. The summed E-state index contributed by atoms with van der Waals surface area (Å²) in [4.78, 5) is 16.1. The summed E-state index contributed by atoms with van der Waals surface area (Å²) in [7, 11) is 0. The highest BCUT2D eigenvalue weighted by molar-refractivity contribution is 9.13. The number of esters is 1. The van der Waals surface area contributed by atoms with Crippen LogP contribution in [-0.2, 0) is 11.3 Å². The van der Waals surface area contributed by atoms with Gasteiger partial charge in [-0.3, -0.25) is 0 Å². The molecular formula is C18H12Br2FN3O3. The molecule has 0 aliphatic rings. The Morgan fingerprint density at radius 3 is 2.63 bits per heavy atom. The van der Waals surface area contributed by atoms with E-state index in [9.17, 15) is 19.6 Å². The largest absolute Gasteiger partial charge is 0.505 e. The molecule has 27 heavy (non-hydrogen) atoms. The van der Waals surface area contributed by atoms with Crippen molar-refractivity contribution in [2.24, 2.45) is 0 Å². The zero-order valence-electron chi connectivity index (χ0n) is 14.0. The number of halogens is 3. The molecule has 0 saturated carbocycles. The Kier molecular flexibility index (Phi) is 5.48. The standard InChI is InChI=1S/C18H12Br2FN3O3/c1-2-27-18(26)14-16(25)12-13(19)17(20)24(15(12)11(7-22)23-14)8-9-3-5-10(21)6-4-9/h3-6,25H,2,8H2,1H3. The fourth-order valence-electron chi connectivity index (χ4n) is 2.70. The fourth-order valence-corrected chi connectivity index (χ4v) is 3.79. The molecule has 1 N–H and O–H groups in total. The minimum atomic E-state index is -0.817. The van der Waals surface area contributed by atoms with E-state index in [0.717, 1.165) is 5.56 Å². The van der Waals surface area contributed by atoms with Gasteiger partial charge in [-0.1, -0.05) is 12.1 Å². The van der Waals surface area contributed by atoms with Crippen LogP contribution in [0.5, 0.6) is 5.75 Å². The molecule has 0 saturated heterocycles. The lowest BCUT2D eigenvalue weighted by molar-refractivity contribution is 0.0516. The molecule has 0 aliphatic carbocycles. The SMILES string of the molecule is CCOC(=O)c1nc(C#N)c2c(c1O)c(Br)c(Br)n2Cc1ccc(F)cc1. The van der Waals surface area contributed by atoms with Crippen LogP contribution in [0.4, 0.5) is 4.39 Å². The molecule has 1 aromatic carbocycles. The van der Waals surface area contributed by atoms with Gasteiger partial charge in [0.25, 0.3) is 0 Å². The van der Waals surface area contributed by atoms with Crippen molar-refractivity contribution in [2.45, 2.75) is 13.5 Å². The highest BCUT2D eigenvalue weighted by Gasteiger charge is 2.27. The topological polar surface area (TPSA) is 88.1 Å². The first kappa shape index (κ1) is 19.3. The zero-order valence-corrected chi connectivity index (χ0v) is 17.1. The first-order chi connectivity index (χ1) is 12.9. The van der Waals surface area contributed by atoms with Crippen LogP contribution >= 0.6 is 31.9 Å². The summed E-state index contributed by atoms with van der Waals surface area (Å²) < 4.78 is 20.8. The number of nitrogens with zero attached hydrogens (tertiary/aromatic N) is 3. The normalized spacial score (nSPS) is 10.8. The molecule has 2 heterocycles. The van der Waals surface area contributed by atoms with Crippen molar-refractivity contribution in [1.29, 1.82) is 5.26 Å². The average Bonchev–Trinajstić information content (AvgIpc) is 2.90. The summed E-state index contributed by atoms with van der Waals surface area (Å²) in [6.07, 6.45) is 0. The van der Waals surface area contributed by atoms with Crippen molar-refractivity contribution in [2.75, 3.05) is 6.61 Å². The Bertz CT molecular complexity index is 1090. The number of ether oxygens (including phenoxy) is 1. The van der Waals surface area contributed by atoms with Gasteiger partial charge < -0.3 is 14.4 Å². The maximum atomic E-state index is 13.2. The molecule has 0 radical (unpaired) electrons. The first-order valence-electron chi connectivity index (χ1n) is 7.80. The Balaban J connectivity index is 2.26. The molecule has 0 unspecified atom stereocenters. The van der Waals surface area contributed by atoms with Gasteiger partial charge in [0.15, 0.2) is 17.1 Å². The first-order valence-corrected chi connectivity index (χ1v) is 9.39. The predicted octanol–water partition coefficient (Wildman–Crippen LogP) is 4.50. The third-order valence-electron chi connectivity index (χ3n) is 3.88. The zero-order chi connectivity index (χ0) is 19.7. The van der Waals surface area contributed by atoms with Gasteiger partial charge in [0, 0.05) is 6.54 Å². The summed E-state index contributed by atoms with van der Waals surface area (Å²) in [5.41, 5.74) is 0.748. The number of hydrogen-bond donors (Lipinski definition) is 1. The van der Waals surface area contributed by atoms with Crippen LogP contribution in [0.1, 0.15) is 28.7 Å². The van der Waals surface area contributed by atoms with Crippen LogP contribution in [0, 0.1) is 17.1 Å². The van der Waals surface area contributed by atoms with Crippen LogP contribution in [0.15, 0.2) is 33.3 Å². The van der Waals surface area contributed by atoms with Crippen molar-refractivity contribution < 1.29 is 19.0 Å². The van der Waals surface area contributed by atoms with E-state index >= 15 is 0 Å². The van der Waals surface area contributed by atoms with Crippen molar-refractivity contribution in [1.82, 2.24) is 9.55 Å². The van der Waals surface area contributed by atoms with Crippen LogP contribution in [0.25, 0.3) is 10.9 Å². The Morgan fingerprint density at radius 2 is 2.04 bits per heavy atom. The van der Waals surface area contributed by atoms with E-state index in [2.05, 4.69) is 36.8 Å². The molecule has 0 aliphatic heterocycles. The number of nitriles is 1. The highest BCUT2D eigenvalue weighted by Crippen LogP contribution is 2.42. The molecular weight excluding hydrogens is 485 g/mol. The summed E-state index contributed by atoms with van der Waals surface area (Å²) in [6.45, 7) is 2.03. The molecule has 3 rings (SSSR count). The number of rotatable bonds is 4. The van der Waals surface area contributed by atoms with Gasteiger partial charge in [0.1, 0.15) is 16.5 Å². The summed E-state index contributed by atoms with van der Waals surface area (Å²) in [5.74, 6) is -1.55. The van der Waals surface area contributed by atoms with Gasteiger partial charge in [-0.2, -0.15) is 5.26 Å². The third-order valence-corrected chi connectivity index (χ3v) is 6.01. The Morgan fingerprint density at radius 1 is 1.37 bits per heavy atom. The second-order valence-electron chi connectivity index (χ2n) is 5.53. The number of aromatic hydroxyl groups is 1. The summed E-state index contributed by atoms with van der Waals surface area (Å²) in [6, 6.07) is 7.87. The number of benzene rings is 1. The molecule has 0 fully saturated rings. The average molecular weight is 497 g/mol. The summed E-state index contributed by atoms with van der Waals surface area (Å²) >= 11 is 6.82. The van der Waals surface area contributed by atoms with E-state index < -0.39 is 5.97 Å². The van der Waals surface area contributed by atoms with E-state index in [0.29, 0.717) is 14.6 Å². The van der Waals surface area contributed by atoms with E-state index in [4.69, 9.17) is 4.74 Å². The van der Waals surface area contributed by atoms with E-state index in [1.54, 1.807) is 23.6 Å². The number of aromatic nitrogens is 2. The summed E-state index contributed by atoms with van der Waals surface area (Å²) in [5, 5.41) is 20.4. The second kappa shape index (κ2) is 7.66. The van der Waals surface area contributed by atoms with Crippen molar-refractivity contribution >= 4 is 48.7 Å². The minimum absolute atomic E-state index is 0.0423. The second-order valence-corrected chi connectivity index (χ2v) is 7.08. The molecule has 2 aromatic heterocycles. The molecule has 9 heteroatoms. The lowest BCUT2D eigenvalue weighted by Gasteiger charge is -2.10. The van der Waals surface area contributed by atoms with E-state index in [1.165, 1.54) is 12.1 Å². The van der Waals surface area contributed by atoms with Crippen LogP contribution in [0.2, 0.25) is 0 Å². The number of pyridine rings is 1. The fraction of sp³-hybridized carbons (Fsp3) is 0.167. The minimum Gasteiger partial charge on any atom is -0.505 e. The molecule has 138 valence electrons. The molecule has 0 atom stereocenters. The lowest BCUT2D eigenvalue weighted by atomic mass is 10.2.